The van der Waals surface area contributed by atoms with Gasteiger partial charge in [0.15, 0.2) is 0 Å². The fourth-order valence-electron chi connectivity index (χ4n) is 3.74. The SMILES string of the molecule is CC1CN2CCCCC2CN1CCCCC(C)(C)CN. The highest BCUT2D eigenvalue weighted by Crippen LogP contribution is 2.25. The van der Waals surface area contributed by atoms with E-state index in [4.69, 9.17) is 5.73 Å². The smallest absolute Gasteiger partial charge is 0.0223 e. The van der Waals surface area contributed by atoms with E-state index >= 15 is 0 Å². The Kier molecular flexibility index (Phi) is 5.88. The number of piperazine rings is 1. The van der Waals surface area contributed by atoms with Gasteiger partial charge in [-0.2, -0.15) is 0 Å². The lowest BCUT2D eigenvalue weighted by Crippen LogP contribution is -2.58. The Balaban J connectivity index is 1.70. The third-order valence-corrected chi connectivity index (χ3v) is 5.42. The van der Waals surface area contributed by atoms with E-state index in [-0.39, 0.29) is 0 Å². The van der Waals surface area contributed by atoms with Crippen LogP contribution in [0, 0.1) is 5.41 Å². The molecule has 2 saturated heterocycles. The van der Waals surface area contributed by atoms with Gasteiger partial charge in [-0.1, -0.05) is 26.7 Å². The molecule has 2 heterocycles. The van der Waals surface area contributed by atoms with E-state index in [1.165, 1.54) is 64.7 Å². The van der Waals surface area contributed by atoms with Gasteiger partial charge in [0.05, 0.1) is 0 Å². The maximum absolute atomic E-state index is 5.81. The Morgan fingerprint density at radius 1 is 1.15 bits per heavy atom. The Morgan fingerprint density at radius 3 is 2.70 bits per heavy atom. The fraction of sp³-hybridized carbons (Fsp3) is 1.00. The molecule has 2 fully saturated rings. The summed E-state index contributed by atoms with van der Waals surface area (Å²) in [7, 11) is 0. The molecule has 0 aromatic carbocycles. The Hall–Kier alpha value is -0.120. The van der Waals surface area contributed by atoms with Crippen molar-refractivity contribution in [2.75, 3.05) is 32.7 Å². The number of nitrogens with zero attached hydrogens (tertiary/aromatic N) is 2. The van der Waals surface area contributed by atoms with Crippen molar-refractivity contribution in [1.29, 1.82) is 0 Å². The summed E-state index contributed by atoms with van der Waals surface area (Å²) in [5, 5.41) is 0. The molecular formula is C17H35N3. The Labute approximate surface area is 125 Å². The van der Waals surface area contributed by atoms with E-state index in [0.29, 0.717) is 5.41 Å². The minimum atomic E-state index is 0.327. The minimum absolute atomic E-state index is 0.327. The summed E-state index contributed by atoms with van der Waals surface area (Å²) >= 11 is 0. The predicted molar refractivity (Wildman–Crippen MR) is 86.9 cm³/mol. The molecule has 2 aliphatic rings. The lowest BCUT2D eigenvalue weighted by Gasteiger charge is -2.47. The van der Waals surface area contributed by atoms with Gasteiger partial charge in [0, 0.05) is 25.2 Å². The van der Waals surface area contributed by atoms with Gasteiger partial charge in [-0.15, -0.1) is 0 Å². The first-order valence-corrected chi connectivity index (χ1v) is 8.70. The summed E-state index contributed by atoms with van der Waals surface area (Å²) in [5.41, 5.74) is 6.14. The van der Waals surface area contributed by atoms with Crippen LogP contribution in [0.15, 0.2) is 0 Å². The van der Waals surface area contributed by atoms with Crippen LogP contribution in [-0.2, 0) is 0 Å². The average Bonchev–Trinajstić information content (AvgIpc) is 2.44. The molecule has 2 aliphatic heterocycles. The standard InChI is InChI=1S/C17H35N3/c1-15-12-20-11-6-4-8-16(20)13-19(15)10-7-5-9-17(2,3)14-18/h15-16H,4-14,18H2,1-3H3. The predicted octanol–water partition coefficient (Wildman–Crippen LogP) is 2.70. The molecule has 0 saturated carbocycles. The zero-order chi connectivity index (χ0) is 14.6. The summed E-state index contributed by atoms with van der Waals surface area (Å²) in [6.07, 6.45) is 8.19. The zero-order valence-electron chi connectivity index (χ0n) is 13.9. The lowest BCUT2D eigenvalue weighted by molar-refractivity contribution is 0.0143. The molecule has 0 aliphatic carbocycles. The van der Waals surface area contributed by atoms with Gasteiger partial charge in [-0.05, 0) is 57.7 Å². The molecule has 0 radical (unpaired) electrons. The van der Waals surface area contributed by atoms with Crippen molar-refractivity contribution in [1.82, 2.24) is 9.80 Å². The summed E-state index contributed by atoms with van der Waals surface area (Å²) in [5.74, 6) is 0. The van der Waals surface area contributed by atoms with Crippen LogP contribution in [0.1, 0.15) is 59.3 Å². The van der Waals surface area contributed by atoms with Crippen molar-refractivity contribution in [3.05, 3.63) is 0 Å². The van der Waals surface area contributed by atoms with Gasteiger partial charge in [-0.3, -0.25) is 9.80 Å². The molecule has 0 aromatic heterocycles. The molecule has 20 heavy (non-hydrogen) atoms. The van der Waals surface area contributed by atoms with Gasteiger partial charge in [0.1, 0.15) is 0 Å². The van der Waals surface area contributed by atoms with Crippen molar-refractivity contribution in [3.63, 3.8) is 0 Å². The molecule has 118 valence electrons. The number of hydrogen-bond acceptors (Lipinski definition) is 3. The highest BCUT2D eigenvalue weighted by atomic mass is 15.3. The number of hydrogen-bond donors (Lipinski definition) is 1. The second kappa shape index (κ2) is 7.24. The van der Waals surface area contributed by atoms with Crippen LogP contribution >= 0.6 is 0 Å². The van der Waals surface area contributed by atoms with Crippen LogP contribution in [0.3, 0.4) is 0 Å². The monoisotopic (exact) mass is 281 g/mol. The van der Waals surface area contributed by atoms with Crippen molar-refractivity contribution in [2.24, 2.45) is 11.1 Å². The largest absolute Gasteiger partial charge is 0.330 e. The number of unbranched alkanes of at least 4 members (excludes halogenated alkanes) is 1. The van der Waals surface area contributed by atoms with Crippen molar-refractivity contribution >= 4 is 0 Å². The van der Waals surface area contributed by atoms with E-state index in [0.717, 1.165) is 18.6 Å². The van der Waals surface area contributed by atoms with Crippen molar-refractivity contribution < 1.29 is 0 Å². The highest BCUT2D eigenvalue weighted by molar-refractivity contribution is 4.89. The van der Waals surface area contributed by atoms with Crippen LogP contribution in [0.5, 0.6) is 0 Å². The first-order valence-electron chi connectivity index (χ1n) is 8.70. The number of rotatable bonds is 6. The molecule has 2 atom stereocenters. The van der Waals surface area contributed by atoms with E-state index in [1.54, 1.807) is 0 Å². The third-order valence-electron chi connectivity index (χ3n) is 5.42. The summed E-state index contributed by atoms with van der Waals surface area (Å²) in [6, 6.07) is 1.59. The summed E-state index contributed by atoms with van der Waals surface area (Å²) in [6.45, 7) is 13.0. The maximum Gasteiger partial charge on any atom is 0.0223 e. The number of piperidine rings is 1. The topological polar surface area (TPSA) is 32.5 Å². The molecule has 2 N–H and O–H groups in total. The minimum Gasteiger partial charge on any atom is -0.330 e. The highest BCUT2D eigenvalue weighted by Gasteiger charge is 2.32. The quantitative estimate of drug-likeness (QED) is 0.760. The van der Waals surface area contributed by atoms with E-state index < -0.39 is 0 Å². The first-order chi connectivity index (χ1) is 9.52. The zero-order valence-corrected chi connectivity index (χ0v) is 13.9. The third kappa shape index (κ3) is 4.44. The normalized spacial score (nSPS) is 29.4. The molecule has 2 rings (SSSR count). The molecule has 0 aromatic rings. The van der Waals surface area contributed by atoms with Crippen LogP contribution in [0.25, 0.3) is 0 Å². The number of fused-ring (bicyclic) bond motifs is 1. The molecule has 3 nitrogen and oxygen atoms in total. The molecule has 0 bridgehead atoms. The van der Waals surface area contributed by atoms with Crippen molar-refractivity contribution in [2.45, 2.75) is 71.4 Å². The molecule has 0 amide bonds. The van der Waals surface area contributed by atoms with Crippen molar-refractivity contribution in [3.8, 4) is 0 Å². The van der Waals surface area contributed by atoms with Gasteiger partial charge in [-0.25, -0.2) is 0 Å². The van der Waals surface area contributed by atoms with Crippen LogP contribution in [0.2, 0.25) is 0 Å². The Bertz CT molecular complexity index is 290. The van der Waals surface area contributed by atoms with Gasteiger partial charge in [0.25, 0.3) is 0 Å². The summed E-state index contributed by atoms with van der Waals surface area (Å²) in [4.78, 5) is 5.48. The van der Waals surface area contributed by atoms with Crippen LogP contribution < -0.4 is 5.73 Å². The fourth-order valence-corrected chi connectivity index (χ4v) is 3.74. The van der Waals surface area contributed by atoms with Crippen LogP contribution in [0.4, 0.5) is 0 Å². The molecule has 3 heteroatoms. The van der Waals surface area contributed by atoms with E-state index in [9.17, 15) is 0 Å². The first kappa shape index (κ1) is 16.3. The molecular weight excluding hydrogens is 246 g/mol. The van der Waals surface area contributed by atoms with Crippen LogP contribution in [-0.4, -0.2) is 54.6 Å². The van der Waals surface area contributed by atoms with Gasteiger partial charge in [0.2, 0.25) is 0 Å². The average molecular weight is 281 g/mol. The van der Waals surface area contributed by atoms with Gasteiger partial charge >= 0.3 is 0 Å². The van der Waals surface area contributed by atoms with E-state index in [1.807, 2.05) is 0 Å². The summed E-state index contributed by atoms with van der Waals surface area (Å²) < 4.78 is 0. The lowest BCUT2D eigenvalue weighted by atomic mass is 9.87. The number of nitrogens with two attached hydrogens (primary N) is 1. The second-order valence-corrected chi connectivity index (χ2v) is 7.81. The Morgan fingerprint density at radius 2 is 1.95 bits per heavy atom. The van der Waals surface area contributed by atoms with E-state index in [2.05, 4.69) is 30.6 Å². The second-order valence-electron chi connectivity index (χ2n) is 7.81. The molecule has 2 unspecified atom stereocenters. The molecule has 0 spiro atoms. The maximum atomic E-state index is 5.81. The van der Waals surface area contributed by atoms with Gasteiger partial charge < -0.3 is 5.73 Å².